The van der Waals surface area contributed by atoms with Gasteiger partial charge in [-0.1, -0.05) is 22.6 Å². The van der Waals surface area contributed by atoms with Gasteiger partial charge in [0.05, 0.1) is 28.2 Å². The summed E-state index contributed by atoms with van der Waals surface area (Å²) >= 11 is 2.43. The van der Waals surface area contributed by atoms with Crippen LogP contribution < -0.4 is 19.8 Å². The van der Waals surface area contributed by atoms with E-state index in [1.165, 1.54) is 23.3 Å². The van der Waals surface area contributed by atoms with Crippen LogP contribution in [0.25, 0.3) is 11.0 Å². The molecule has 0 bridgehead atoms. The highest BCUT2D eigenvalue weighted by molar-refractivity contribution is 14.1. The number of pyridine rings is 1. The lowest BCUT2D eigenvalue weighted by atomic mass is 10.2. The van der Waals surface area contributed by atoms with Crippen LogP contribution in [0.3, 0.4) is 0 Å². The third-order valence-corrected chi connectivity index (χ3v) is 8.17. The van der Waals surface area contributed by atoms with Gasteiger partial charge in [-0.3, -0.25) is 9.29 Å². The molecule has 188 valence electrons. The van der Waals surface area contributed by atoms with Crippen molar-refractivity contribution in [1.29, 1.82) is 0 Å². The quantitative estimate of drug-likeness (QED) is 0.185. The molecule has 1 saturated heterocycles. The maximum Gasteiger partial charge on any atom is 0.232 e. The van der Waals surface area contributed by atoms with E-state index in [1.807, 2.05) is 29.0 Å². The molecule has 0 saturated carbocycles. The number of alkyl halides is 1. The molecular weight excluding hydrogens is 591 g/mol. The van der Waals surface area contributed by atoms with E-state index in [1.54, 1.807) is 24.5 Å². The fourth-order valence-corrected chi connectivity index (χ4v) is 5.47. The van der Waals surface area contributed by atoms with Crippen molar-refractivity contribution >= 4 is 66.7 Å². The Morgan fingerprint density at radius 3 is 2.75 bits per heavy atom. The summed E-state index contributed by atoms with van der Waals surface area (Å²) in [4.78, 5) is 16.0. The van der Waals surface area contributed by atoms with Crippen molar-refractivity contribution in [1.82, 2.24) is 24.8 Å². The molecule has 3 aromatic heterocycles. The number of aromatic nitrogens is 4. The Kier molecular flexibility index (Phi) is 6.99. The fraction of sp³-hybridized carbons (Fsp3) is 0.292. The minimum absolute atomic E-state index is 0.368. The van der Waals surface area contributed by atoms with E-state index in [9.17, 15) is 8.42 Å². The van der Waals surface area contributed by atoms with Crippen molar-refractivity contribution in [2.45, 2.75) is 10.6 Å². The number of piperazine rings is 1. The van der Waals surface area contributed by atoms with Gasteiger partial charge < -0.3 is 20.1 Å². The van der Waals surface area contributed by atoms with E-state index in [0.717, 1.165) is 36.4 Å². The molecule has 1 aromatic carbocycles. The van der Waals surface area contributed by atoms with Crippen LogP contribution in [0.15, 0.2) is 61.1 Å². The zero-order valence-electron chi connectivity index (χ0n) is 20.0. The first-order chi connectivity index (χ1) is 17.3. The van der Waals surface area contributed by atoms with Gasteiger partial charge in [-0.05, 0) is 42.5 Å². The number of anilines is 4. The van der Waals surface area contributed by atoms with Gasteiger partial charge in [0, 0.05) is 62.0 Å². The number of rotatable bonds is 7. The van der Waals surface area contributed by atoms with E-state index in [0.29, 0.717) is 27.9 Å². The second-order valence-electron chi connectivity index (χ2n) is 8.66. The maximum absolute atomic E-state index is 12.1. The lowest BCUT2D eigenvalue weighted by Crippen LogP contribution is -2.47. The summed E-state index contributed by atoms with van der Waals surface area (Å²) in [5, 5.41) is 7.63. The van der Waals surface area contributed by atoms with Gasteiger partial charge in [-0.25, -0.2) is 13.4 Å². The molecule has 12 heteroatoms. The molecule has 4 heterocycles. The van der Waals surface area contributed by atoms with Crippen LogP contribution in [-0.4, -0.2) is 64.9 Å². The first kappa shape index (κ1) is 24.7. The van der Waals surface area contributed by atoms with Gasteiger partial charge in [-0.2, -0.15) is 4.98 Å². The molecule has 0 aliphatic carbocycles. The predicted molar refractivity (Wildman–Crippen MR) is 152 cm³/mol. The molecule has 0 amide bonds. The Bertz CT molecular complexity index is 1480. The minimum atomic E-state index is -3.41. The summed E-state index contributed by atoms with van der Waals surface area (Å²) in [6, 6.07) is 13.7. The normalized spacial score (nSPS) is 16.3. The minimum Gasteiger partial charge on any atom is -0.368 e. The summed E-state index contributed by atoms with van der Waals surface area (Å²) in [7, 11) is -1.88. The van der Waals surface area contributed by atoms with Gasteiger partial charge in [0.15, 0.2) is 0 Å². The third kappa shape index (κ3) is 5.39. The summed E-state index contributed by atoms with van der Waals surface area (Å²) in [5.74, 6) is 0.485. The zero-order chi connectivity index (χ0) is 25.3. The van der Waals surface area contributed by atoms with Crippen LogP contribution in [0.2, 0.25) is 0 Å². The zero-order valence-corrected chi connectivity index (χ0v) is 22.9. The Labute approximate surface area is 223 Å². The Balaban J connectivity index is 1.36. The van der Waals surface area contributed by atoms with E-state index in [2.05, 4.69) is 60.2 Å². The van der Waals surface area contributed by atoms with Gasteiger partial charge in [0.25, 0.3) is 0 Å². The molecule has 1 atom stereocenters. The molecule has 4 aromatic rings. The first-order valence-corrected chi connectivity index (χ1v) is 14.6. The number of hydrogen-bond acceptors (Lipinski definition) is 8. The Hall–Kier alpha value is -2.97. The van der Waals surface area contributed by atoms with E-state index >= 15 is 0 Å². The number of nitrogens with one attached hydrogen (secondary N) is 2. The topological polar surface area (TPSA) is 108 Å². The van der Waals surface area contributed by atoms with Crippen molar-refractivity contribution < 1.29 is 8.42 Å². The summed E-state index contributed by atoms with van der Waals surface area (Å²) in [5.41, 5.74) is 4.00. The molecule has 0 unspecified atom stereocenters. The van der Waals surface area contributed by atoms with E-state index in [4.69, 9.17) is 4.98 Å². The van der Waals surface area contributed by atoms with Crippen molar-refractivity contribution in [2.24, 2.45) is 0 Å². The summed E-state index contributed by atoms with van der Waals surface area (Å²) in [6.45, 7) is 3.31. The number of nitrogens with zero attached hydrogens (tertiary/aromatic N) is 6. The highest BCUT2D eigenvalue weighted by Crippen LogP contribution is 2.25. The van der Waals surface area contributed by atoms with Gasteiger partial charge in [-0.15, -0.1) is 0 Å². The fourth-order valence-electron chi connectivity index (χ4n) is 4.16. The van der Waals surface area contributed by atoms with Crippen molar-refractivity contribution in [2.75, 3.05) is 47.5 Å². The maximum atomic E-state index is 12.1. The summed E-state index contributed by atoms with van der Waals surface area (Å²) < 4.78 is 27.8. The molecule has 1 aliphatic heterocycles. The van der Waals surface area contributed by atoms with Crippen molar-refractivity contribution in [3.63, 3.8) is 0 Å². The molecule has 0 spiro atoms. The van der Waals surface area contributed by atoms with Crippen molar-refractivity contribution in [3.05, 3.63) is 66.7 Å². The lowest BCUT2D eigenvalue weighted by Gasteiger charge is -2.32. The average molecular weight is 619 g/mol. The van der Waals surface area contributed by atoms with Crippen LogP contribution >= 0.6 is 22.6 Å². The SMILES string of the molecule is CN(c1cccnc1Cn1ccc2cnc(Nc3ccc(N4CCN[C@@H](I)C4)cc3)nc21)S(C)(=O)=O. The molecule has 1 aliphatic rings. The van der Waals surface area contributed by atoms with Crippen LogP contribution in [-0.2, 0) is 16.6 Å². The summed E-state index contributed by atoms with van der Waals surface area (Å²) in [6.07, 6.45) is 6.52. The van der Waals surface area contributed by atoms with E-state index < -0.39 is 10.0 Å². The number of fused-ring (bicyclic) bond motifs is 1. The van der Waals surface area contributed by atoms with Gasteiger partial charge >= 0.3 is 0 Å². The molecule has 0 radical (unpaired) electrons. The van der Waals surface area contributed by atoms with Gasteiger partial charge in [0.2, 0.25) is 16.0 Å². The first-order valence-electron chi connectivity index (χ1n) is 11.5. The lowest BCUT2D eigenvalue weighted by molar-refractivity contribution is 0.573. The second kappa shape index (κ2) is 10.2. The Morgan fingerprint density at radius 1 is 1.19 bits per heavy atom. The molecule has 36 heavy (non-hydrogen) atoms. The monoisotopic (exact) mass is 618 g/mol. The van der Waals surface area contributed by atoms with Crippen LogP contribution in [0, 0.1) is 0 Å². The largest absolute Gasteiger partial charge is 0.368 e. The number of sulfonamides is 1. The smallest absolute Gasteiger partial charge is 0.232 e. The standard InChI is InChI=1S/C24H27IN8O2S/c1-31(36(2,34)35)21-4-3-10-26-20(21)15-33-12-9-17-14-28-24(30-23(17)33)29-18-5-7-19(8-6-18)32-13-11-27-22(25)16-32/h3-10,12,14,22,27H,11,13,15-16H2,1-2H3,(H,28,29,30)/t22-/m1/s1. The predicted octanol–water partition coefficient (Wildman–Crippen LogP) is 3.18. The Morgan fingerprint density at radius 2 is 2.00 bits per heavy atom. The average Bonchev–Trinajstić information content (AvgIpc) is 3.26. The number of benzene rings is 1. The van der Waals surface area contributed by atoms with Gasteiger partial charge in [0.1, 0.15) is 5.65 Å². The highest BCUT2D eigenvalue weighted by Gasteiger charge is 2.18. The second-order valence-corrected chi connectivity index (χ2v) is 12.2. The molecular formula is C24H27IN8O2S. The molecule has 10 nitrogen and oxygen atoms in total. The van der Waals surface area contributed by atoms with Crippen LogP contribution in [0.4, 0.5) is 23.0 Å². The number of halogens is 1. The molecule has 2 N–H and O–H groups in total. The van der Waals surface area contributed by atoms with Crippen LogP contribution in [0.1, 0.15) is 5.69 Å². The molecule has 1 fully saturated rings. The highest BCUT2D eigenvalue weighted by atomic mass is 127. The van der Waals surface area contributed by atoms with E-state index in [-0.39, 0.29) is 0 Å². The van der Waals surface area contributed by atoms with Crippen molar-refractivity contribution in [3.8, 4) is 0 Å². The van der Waals surface area contributed by atoms with Crippen LogP contribution in [0.5, 0.6) is 0 Å². The molecule has 5 rings (SSSR count). The number of hydrogen-bond donors (Lipinski definition) is 2. The third-order valence-electron chi connectivity index (χ3n) is 6.14.